The molecule has 0 radical (unpaired) electrons. The summed E-state index contributed by atoms with van der Waals surface area (Å²) in [4.78, 5) is 29.0. The van der Waals surface area contributed by atoms with Gasteiger partial charge in [0.15, 0.2) is 5.17 Å². The van der Waals surface area contributed by atoms with E-state index in [0.717, 1.165) is 5.56 Å². The molecule has 2 aromatic carbocycles. The van der Waals surface area contributed by atoms with Crippen molar-refractivity contribution in [1.29, 1.82) is 0 Å². The van der Waals surface area contributed by atoms with Crippen LogP contribution in [-0.2, 0) is 5.75 Å². The minimum atomic E-state index is -0.437. The van der Waals surface area contributed by atoms with Gasteiger partial charge < -0.3 is 0 Å². The molecule has 0 spiro atoms. The molecule has 1 aliphatic rings. The number of nitro benzene ring substituents is 1. The van der Waals surface area contributed by atoms with E-state index in [0.29, 0.717) is 39.6 Å². The van der Waals surface area contributed by atoms with Gasteiger partial charge in [-0.05, 0) is 23.8 Å². The highest BCUT2D eigenvalue weighted by Crippen LogP contribution is 2.26. The zero-order chi connectivity index (χ0) is 18.7. The second-order valence-electron chi connectivity index (χ2n) is 5.46. The highest BCUT2D eigenvalue weighted by Gasteiger charge is 2.26. The Morgan fingerprint density at radius 2 is 1.96 bits per heavy atom. The van der Waals surface area contributed by atoms with Crippen molar-refractivity contribution in [2.75, 3.05) is 13.1 Å². The van der Waals surface area contributed by atoms with Crippen LogP contribution in [0, 0.1) is 10.1 Å². The lowest BCUT2D eigenvalue weighted by Crippen LogP contribution is -2.33. The number of rotatable bonds is 4. The number of aliphatic imine (C=N–C) groups is 1. The number of carbonyl (C=O) groups is 1. The molecule has 0 aromatic heterocycles. The molecule has 9 heteroatoms. The molecular formula is C17H13Cl2N3O3S. The predicted octanol–water partition coefficient (Wildman–Crippen LogP) is 4.65. The smallest absolute Gasteiger partial charge is 0.269 e. The van der Waals surface area contributed by atoms with Crippen LogP contribution in [0.25, 0.3) is 0 Å². The zero-order valence-corrected chi connectivity index (χ0v) is 15.7. The Morgan fingerprint density at radius 3 is 2.65 bits per heavy atom. The maximum atomic E-state index is 12.8. The normalized spacial score (nSPS) is 13.6. The first-order valence-corrected chi connectivity index (χ1v) is 9.37. The van der Waals surface area contributed by atoms with Gasteiger partial charge in [0.2, 0.25) is 0 Å². The maximum Gasteiger partial charge on any atom is 0.269 e. The standard InChI is InChI=1S/C17H13Cl2N3O3S/c18-12-3-6-15(19)14(9-12)16(23)21-8-7-20-17(21)26-10-11-1-4-13(5-2-11)22(24)25/h1-6,9H,7-8,10H2. The fourth-order valence-corrected chi connectivity index (χ4v) is 3.78. The van der Waals surface area contributed by atoms with Gasteiger partial charge >= 0.3 is 0 Å². The van der Waals surface area contributed by atoms with Crippen LogP contribution >= 0.6 is 35.0 Å². The van der Waals surface area contributed by atoms with Crippen molar-refractivity contribution < 1.29 is 9.72 Å². The summed E-state index contributed by atoms with van der Waals surface area (Å²) in [5.74, 6) is 0.300. The summed E-state index contributed by atoms with van der Waals surface area (Å²) in [5.41, 5.74) is 1.29. The number of nitrogens with zero attached hydrogens (tertiary/aromatic N) is 3. The van der Waals surface area contributed by atoms with E-state index >= 15 is 0 Å². The number of nitro groups is 1. The summed E-state index contributed by atoms with van der Waals surface area (Å²) < 4.78 is 0. The number of benzene rings is 2. The summed E-state index contributed by atoms with van der Waals surface area (Å²) in [6.07, 6.45) is 0. The van der Waals surface area contributed by atoms with E-state index in [4.69, 9.17) is 23.2 Å². The third-order valence-electron chi connectivity index (χ3n) is 3.72. The van der Waals surface area contributed by atoms with Crippen LogP contribution in [0.3, 0.4) is 0 Å². The van der Waals surface area contributed by atoms with Crippen LogP contribution in [0.4, 0.5) is 5.69 Å². The number of non-ortho nitro benzene ring substituents is 1. The first-order chi connectivity index (χ1) is 12.5. The number of amidine groups is 1. The van der Waals surface area contributed by atoms with Crippen LogP contribution in [0.2, 0.25) is 10.0 Å². The summed E-state index contributed by atoms with van der Waals surface area (Å²) >= 11 is 13.5. The van der Waals surface area contributed by atoms with Gasteiger partial charge in [0.05, 0.1) is 22.1 Å². The van der Waals surface area contributed by atoms with E-state index < -0.39 is 4.92 Å². The molecule has 1 amide bonds. The van der Waals surface area contributed by atoms with Gasteiger partial charge in [0.1, 0.15) is 0 Å². The van der Waals surface area contributed by atoms with E-state index in [9.17, 15) is 14.9 Å². The van der Waals surface area contributed by atoms with Gasteiger partial charge in [-0.2, -0.15) is 0 Å². The average molecular weight is 410 g/mol. The minimum Gasteiger partial charge on any atom is -0.286 e. The van der Waals surface area contributed by atoms with Gasteiger partial charge in [0, 0.05) is 29.5 Å². The number of thioether (sulfide) groups is 1. The lowest BCUT2D eigenvalue weighted by atomic mass is 10.2. The topological polar surface area (TPSA) is 75.8 Å². The molecule has 0 fully saturated rings. The van der Waals surface area contributed by atoms with Crippen molar-refractivity contribution in [1.82, 2.24) is 4.90 Å². The predicted molar refractivity (Wildman–Crippen MR) is 104 cm³/mol. The number of hydrogen-bond acceptors (Lipinski definition) is 5. The fourth-order valence-electron chi connectivity index (χ4n) is 2.41. The molecule has 1 heterocycles. The molecule has 3 rings (SSSR count). The van der Waals surface area contributed by atoms with Crippen LogP contribution in [-0.4, -0.2) is 34.0 Å². The first kappa shape index (κ1) is 18.7. The average Bonchev–Trinajstić information content (AvgIpc) is 3.10. The third kappa shape index (κ3) is 4.17. The lowest BCUT2D eigenvalue weighted by molar-refractivity contribution is -0.384. The third-order valence-corrected chi connectivity index (χ3v) is 5.37. The lowest BCUT2D eigenvalue weighted by Gasteiger charge is -2.18. The SMILES string of the molecule is O=C(c1cc(Cl)ccc1Cl)N1CCN=C1SCc1ccc([N+](=O)[O-])cc1. The minimum absolute atomic E-state index is 0.0457. The Kier molecular flexibility index (Phi) is 5.80. The molecule has 0 atom stereocenters. The molecule has 0 saturated heterocycles. The van der Waals surface area contributed by atoms with E-state index in [1.807, 2.05) is 0 Å². The molecule has 0 N–H and O–H groups in total. The van der Waals surface area contributed by atoms with Crippen LogP contribution in [0.15, 0.2) is 47.5 Å². The fraction of sp³-hybridized carbons (Fsp3) is 0.176. The van der Waals surface area contributed by atoms with Gasteiger partial charge in [0.25, 0.3) is 11.6 Å². The number of hydrogen-bond donors (Lipinski definition) is 0. The monoisotopic (exact) mass is 409 g/mol. The van der Waals surface area contributed by atoms with E-state index in [-0.39, 0.29) is 11.6 Å². The molecular weight excluding hydrogens is 397 g/mol. The van der Waals surface area contributed by atoms with Crippen molar-refractivity contribution in [2.24, 2.45) is 4.99 Å². The molecule has 2 aromatic rings. The van der Waals surface area contributed by atoms with Crippen molar-refractivity contribution in [3.63, 3.8) is 0 Å². The van der Waals surface area contributed by atoms with Crippen molar-refractivity contribution >= 4 is 51.7 Å². The molecule has 1 aliphatic heterocycles. The summed E-state index contributed by atoms with van der Waals surface area (Å²) in [5, 5.41) is 12.1. The Morgan fingerprint density at radius 1 is 1.23 bits per heavy atom. The highest BCUT2D eigenvalue weighted by molar-refractivity contribution is 8.13. The van der Waals surface area contributed by atoms with E-state index in [1.165, 1.54) is 23.9 Å². The molecule has 134 valence electrons. The second-order valence-corrected chi connectivity index (χ2v) is 7.24. The van der Waals surface area contributed by atoms with Gasteiger partial charge in [-0.1, -0.05) is 47.1 Å². The molecule has 0 saturated carbocycles. The number of halogens is 2. The summed E-state index contributed by atoms with van der Waals surface area (Å²) in [6.45, 7) is 0.997. The van der Waals surface area contributed by atoms with Crippen LogP contribution in [0.5, 0.6) is 0 Å². The first-order valence-electron chi connectivity index (χ1n) is 7.63. The Labute approximate surface area is 164 Å². The summed E-state index contributed by atoms with van der Waals surface area (Å²) in [7, 11) is 0. The summed E-state index contributed by atoms with van der Waals surface area (Å²) in [6, 6.07) is 11.1. The molecule has 0 bridgehead atoms. The molecule has 6 nitrogen and oxygen atoms in total. The van der Waals surface area contributed by atoms with Crippen LogP contribution < -0.4 is 0 Å². The molecule has 0 unspecified atom stereocenters. The van der Waals surface area contributed by atoms with Gasteiger partial charge in [-0.3, -0.25) is 24.8 Å². The zero-order valence-electron chi connectivity index (χ0n) is 13.4. The molecule has 0 aliphatic carbocycles. The molecule has 26 heavy (non-hydrogen) atoms. The van der Waals surface area contributed by atoms with E-state index in [1.54, 1.807) is 35.2 Å². The number of carbonyl (C=O) groups excluding carboxylic acids is 1. The van der Waals surface area contributed by atoms with Crippen molar-refractivity contribution in [3.05, 3.63) is 73.8 Å². The Balaban J connectivity index is 1.69. The van der Waals surface area contributed by atoms with Crippen LogP contribution in [0.1, 0.15) is 15.9 Å². The van der Waals surface area contributed by atoms with Gasteiger partial charge in [-0.15, -0.1) is 0 Å². The Hall–Kier alpha value is -2.09. The number of amides is 1. The quantitative estimate of drug-likeness (QED) is 0.543. The largest absolute Gasteiger partial charge is 0.286 e. The van der Waals surface area contributed by atoms with E-state index in [2.05, 4.69) is 4.99 Å². The highest BCUT2D eigenvalue weighted by atomic mass is 35.5. The van der Waals surface area contributed by atoms with Gasteiger partial charge in [-0.25, -0.2) is 0 Å². The van der Waals surface area contributed by atoms with Crippen molar-refractivity contribution in [2.45, 2.75) is 5.75 Å². The second kappa shape index (κ2) is 8.07. The van der Waals surface area contributed by atoms with Crippen molar-refractivity contribution in [3.8, 4) is 0 Å². The Bertz CT molecular complexity index is 887. The maximum absolute atomic E-state index is 12.8.